The van der Waals surface area contributed by atoms with Gasteiger partial charge in [0, 0.05) is 40.1 Å². The fourth-order valence-electron chi connectivity index (χ4n) is 2.15. The minimum Gasteiger partial charge on any atom is -0.493 e. The molecule has 2 aromatic rings. The van der Waals surface area contributed by atoms with E-state index in [4.69, 9.17) is 9.47 Å². The van der Waals surface area contributed by atoms with Gasteiger partial charge in [-0.2, -0.15) is 0 Å². The maximum Gasteiger partial charge on any atom is 0.255 e. The minimum atomic E-state index is -0.946. The van der Waals surface area contributed by atoms with Crippen molar-refractivity contribution in [2.45, 2.75) is 5.75 Å². The third-order valence-electron chi connectivity index (χ3n) is 3.20. The molecule has 0 saturated carbocycles. The van der Waals surface area contributed by atoms with Crippen molar-refractivity contribution in [2.24, 2.45) is 0 Å². The summed E-state index contributed by atoms with van der Waals surface area (Å²) in [4.78, 5) is 12.3. The summed E-state index contributed by atoms with van der Waals surface area (Å²) in [6.07, 6.45) is 1.64. The van der Waals surface area contributed by atoms with Crippen molar-refractivity contribution in [3.05, 3.63) is 53.6 Å². The first-order valence-corrected chi connectivity index (χ1v) is 8.68. The lowest BCUT2D eigenvalue weighted by molar-refractivity contribution is 0.102. The molecule has 1 amide bonds. The van der Waals surface area contributed by atoms with Gasteiger partial charge in [-0.25, -0.2) is 0 Å². The highest BCUT2D eigenvalue weighted by molar-refractivity contribution is 7.83. The molecule has 0 aromatic heterocycles. The Bertz CT molecular complexity index is 730. The second-order valence-electron chi connectivity index (χ2n) is 4.94. The van der Waals surface area contributed by atoms with Crippen molar-refractivity contribution in [1.29, 1.82) is 0 Å². The van der Waals surface area contributed by atoms with Crippen LogP contribution in [0.3, 0.4) is 0 Å². The third-order valence-corrected chi connectivity index (χ3v) is 3.94. The van der Waals surface area contributed by atoms with Crippen LogP contribution in [0.15, 0.2) is 42.5 Å². The van der Waals surface area contributed by atoms with Crippen molar-refractivity contribution >= 4 is 22.4 Å². The second-order valence-corrected chi connectivity index (χ2v) is 6.38. The molecule has 1 atom stereocenters. The molecule has 6 heteroatoms. The molecule has 2 rings (SSSR count). The van der Waals surface area contributed by atoms with E-state index < -0.39 is 10.8 Å². The van der Waals surface area contributed by atoms with Crippen LogP contribution < -0.4 is 14.8 Å². The quantitative estimate of drug-likeness (QED) is 0.883. The lowest BCUT2D eigenvalue weighted by Gasteiger charge is -2.11. The van der Waals surface area contributed by atoms with Crippen molar-refractivity contribution in [1.82, 2.24) is 0 Å². The Kier molecular flexibility index (Phi) is 5.76. The summed E-state index contributed by atoms with van der Waals surface area (Å²) in [6, 6.07) is 12.3. The molecule has 0 spiro atoms. The summed E-state index contributed by atoms with van der Waals surface area (Å²) < 4.78 is 21.7. The van der Waals surface area contributed by atoms with Gasteiger partial charge in [-0.1, -0.05) is 12.1 Å². The molecular weight excluding hydrogens is 314 g/mol. The normalized spacial score (nSPS) is 11.6. The fraction of sp³-hybridized carbons (Fsp3) is 0.235. The maximum absolute atomic E-state index is 12.3. The summed E-state index contributed by atoms with van der Waals surface area (Å²) >= 11 is 0. The van der Waals surface area contributed by atoms with Crippen LogP contribution >= 0.6 is 0 Å². The Morgan fingerprint density at radius 1 is 1.09 bits per heavy atom. The zero-order valence-electron chi connectivity index (χ0n) is 13.3. The van der Waals surface area contributed by atoms with Crippen molar-refractivity contribution in [3.63, 3.8) is 0 Å². The highest BCUT2D eigenvalue weighted by atomic mass is 32.2. The number of amides is 1. The molecule has 2 aromatic carbocycles. The van der Waals surface area contributed by atoms with Gasteiger partial charge < -0.3 is 14.8 Å². The molecule has 0 saturated heterocycles. The molecule has 0 aliphatic carbocycles. The van der Waals surface area contributed by atoms with E-state index in [1.54, 1.807) is 49.8 Å². The Hall–Kier alpha value is -2.34. The topological polar surface area (TPSA) is 64.6 Å². The minimum absolute atomic E-state index is 0.235. The summed E-state index contributed by atoms with van der Waals surface area (Å²) in [5, 5.41) is 2.81. The Labute approximate surface area is 138 Å². The van der Waals surface area contributed by atoms with Crippen LogP contribution in [0.25, 0.3) is 0 Å². The smallest absolute Gasteiger partial charge is 0.255 e. The molecule has 0 aliphatic heterocycles. The molecule has 0 aliphatic rings. The number of carbonyl (C=O) groups is 1. The first-order valence-electron chi connectivity index (χ1n) is 6.96. The van der Waals surface area contributed by atoms with Gasteiger partial charge in [0.15, 0.2) is 11.5 Å². The Morgan fingerprint density at radius 2 is 1.83 bits per heavy atom. The standard InChI is InChI=1S/C17H19NO4S/c1-21-15-8-7-14(10-16(15)22-2)18-17(19)13-6-4-5-12(9-13)11-23(3)20/h4-10H,11H2,1-3H3,(H,18,19). The van der Waals surface area contributed by atoms with Gasteiger partial charge in [0.1, 0.15) is 0 Å². The van der Waals surface area contributed by atoms with Crippen LogP contribution in [0, 0.1) is 0 Å². The number of anilines is 1. The van der Waals surface area contributed by atoms with Gasteiger partial charge >= 0.3 is 0 Å². The molecule has 0 heterocycles. The molecule has 1 unspecified atom stereocenters. The van der Waals surface area contributed by atoms with E-state index in [0.29, 0.717) is 28.5 Å². The van der Waals surface area contributed by atoms with E-state index in [-0.39, 0.29) is 5.91 Å². The van der Waals surface area contributed by atoms with Crippen LogP contribution in [0.2, 0.25) is 0 Å². The lowest BCUT2D eigenvalue weighted by Crippen LogP contribution is -2.12. The average Bonchev–Trinajstić information content (AvgIpc) is 2.54. The average molecular weight is 333 g/mol. The second kappa shape index (κ2) is 7.78. The summed E-state index contributed by atoms with van der Waals surface area (Å²) in [7, 11) is 2.15. The number of benzene rings is 2. The largest absolute Gasteiger partial charge is 0.493 e. The van der Waals surface area contributed by atoms with Gasteiger partial charge in [-0.15, -0.1) is 0 Å². The monoisotopic (exact) mass is 333 g/mol. The molecule has 0 radical (unpaired) electrons. The number of carbonyl (C=O) groups excluding carboxylic acids is 1. The molecule has 23 heavy (non-hydrogen) atoms. The summed E-state index contributed by atoms with van der Waals surface area (Å²) in [5.74, 6) is 1.33. The highest BCUT2D eigenvalue weighted by Gasteiger charge is 2.10. The van der Waals surface area contributed by atoms with Crippen molar-refractivity contribution < 1.29 is 18.5 Å². The SMILES string of the molecule is COc1ccc(NC(=O)c2cccc(CS(C)=O)c2)cc1OC. The molecule has 0 fully saturated rings. The Balaban J connectivity index is 2.17. The number of ether oxygens (including phenoxy) is 2. The van der Waals surface area contributed by atoms with Gasteiger partial charge in [0.25, 0.3) is 5.91 Å². The predicted octanol–water partition coefficient (Wildman–Crippen LogP) is 2.83. The van der Waals surface area contributed by atoms with Crippen molar-refractivity contribution in [2.75, 3.05) is 25.8 Å². The molecule has 1 N–H and O–H groups in total. The molecule has 0 bridgehead atoms. The Morgan fingerprint density at radius 3 is 2.48 bits per heavy atom. The molecular formula is C17H19NO4S. The van der Waals surface area contributed by atoms with Crippen LogP contribution in [0.5, 0.6) is 11.5 Å². The zero-order valence-corrected chi connectivity index (χ0v) is 14.1. The van der Waals surface area contributed by atoms with E-state index >= 15 is 0 Å². The first-order chi connectivity index (χ1) is 11.0. The maximum atomic E-state index is 12.3. The number of hydrogen-bond donors (Lipinski definition) is 1. The van der Waals surface area contributed by atoms with Crippen LogP contribution in [-0.2, 0) is 16.6 Å². The number of hydrogen-bond acceptors (Lipinski definition) is 4. The first kappa shape index (κ1) is 17.0. The van der Waals surface area contributed by atoms with E-state index in [1.807, 2.05) is 6.07 Å². The summed E-state index contributed by atoms with van der Waals surface area (Å²) in [5.41, 5.74) is 1.99. The number of nitrogens with one attached hydrogen (secondary N) is 1. The fourth-order valence-corrected chi connectivity index (χ4v) is 2.80. The van der Waals surface area contributed by atoms with Gasteiger partial charge in [-0.3, -0.25) is 9.00 Å². The zero-order chi connectivity index (χ0) is 16.8. The van der Waals surface area contributed by atoms with Crippen molar-refractivity contribution in [3.8, 4) is 11.5 Å². The highest BCUT2D eigenvalue weighted by Crippen LogP contribution is 2.29. The van der Waals surface area contributed by atoms with E-state index in [9.17, 15) is 9.00 Å². The predicted molar refractivity (Wildman–Crippen MR) is 91.7 cm³/mol. The summed E-state index contributed by atoms with van der Waals surface area (Å²) in [6.45, 7) is 0. The number of methoxy groups -OCH3 is 2. The van der Waals surface area contributed by atoms with E-state index in [0.717, 1.165) is 5.56 Å². The third kappa shape index (κ3) is 4.56. The van der Waals surface area contributed by atoms with E-state index in [2.05, 4.69) is 5.32 Å². The van der Waals surface area contributed by atoms with Gasteiger partial charge in [-0.05, 0) is 29.8 Å². The van der Waals surface area contributed by atoms with E-state index in [1.165, 1.54) is 7.11 Å². The van der Waals surface area contributed by atoms with Gasteiger partial charge in [0.2, 0.25) is 0 Å². The lowest BCUT2D eigenvalue weighted by atomic mass is 10.1. The van der Waals surface area contributed by atoms with Crippen LogP contribution in [-0.4, -0.2) is 30.6 Å². The molecule has 5 nitrogen and oxygen atoms in total. The molecule has 122 valence electrons. The van der Waals surface area contributed by atoms with Crippen LogP contribution in [0.1, 0.15) is 15.9 Å². The van der Waals surface area contributed by atoms with Crippen LogP contribution in [0.4, 0.5) is 5.69 Å². The van der Waals surface area contributed by atoms with Gasteiger partial charge in [0.05, 0.1) is 14.2 Å². The number of rotatable bonds is 6.